The molecule has 0 atom stereocenters. The fourth-order valence-electron chi connectivity index (χ4n) is 1.08. The SMILES string of the molecule is CCOC(=O)c1cc(F)c(F)cc1C. The molecule has 0 aromatic heterocycles. The van der Waals surface area contributed by atoms with Crippen LogP contribution in [-0.4, -0.2) is 12.6 Å². The second-order valence-electron chi connectivity index (χ2n) is 2.80. The lowest BCUT2D eigenvalue weighted by molar-refractivity contribution is 0.0525. The smallest absolute Gasteiger partial charge is 0.338 e. The summed E-state index contributed by atoms with van der Waals surface area (Å²) in [5, 5.41) is 0. The summed E-state index contributed by atoms with van der Waals surface area (Å²) >= 11 is 0. The van der Waals surface area contributed by atoms with Gasteiger partial charge in [-0.3, -0.25) is 0 Å². The fraction of sp³-hybridized carbons (Fsp3) is 0.300. The molecule has 0 saturated heterocycles. The summed E-state index contributed by atoms with van der Waals surface area (Å²) in [5.41, 5.74) is 0.424. The summed E-state index contributed by atoms with van der Waals surface area (Å²) in [6, 6.07) is 1.82. The van der Waals surface area contributed by atoms with Gasteiger partial charge in [0, 0.05) is 0 Å². The Morgan fingerprint density at radius 2 is 1.93 bits per heavy atom. The maximum absolute atomic E-state index is 12.8. The number of rotatable bonds is 2. The molecule has 0 spiro atoms. The van der Waals surface area contributed by atoms with Crippen molar-refractivity contribution in [3.8, 4) is 0 Å². The zero-order chi connectivity index (χ0) is 10.7. The maximum atomic E-state index is 12.8. The quantitative estimate of drug-likeness (QED) is 0.685. The lowest BCUT2D eigenvalue weighted by atomic mass is 10.1. The van der Waals surface area contributed by atoms with Crippen molar-refractivity contribution in [3.05, 3.63) is 34.9 Å². The van der Waals surface area contributed by atoms with E-state index >= 15 is 0 Å². The van der Waals surface area contributed by atoms with E-state index in [1.54, 1.807) is 6.92 Å². The third kappa shape index (κ3) is 2.07. The number of hydrogen-bond donors (Lipinski definition) is 0. The fourth-order valence-corrected chi connectivity index (χ4v) is 1.08. The van der Waals surface area contributed by atoms with Crippen LogP contribution in [0.25, 0.3) is 0 Å². The zero-order valence-corrected chi connectivity index (χ0v) is 7.93. The summed E-state index contributed by atoms with van der Waals surface area (Å²) in [7, 11) is 0. The van der Waals surface area contributed by atoms with Crippen LogP contribution in [0.4, 0.5) is 8.78 Å². The van der Waals surface area contributed by atoms with Crippen LogP contribution in [0.15, 0.2) is 12.1 Å². The predicted octanol–water partition coefficient (Wildman–Crippen LogP) is 2.45. The van der Waals surface area contributed by atoms with Crippen molar-refractivity contribution in [2.45, 2.75) is 13.8 Å². The van der Waals surface area contributed by atoms with E-state index < -0.39 is 17.6 Å². The molecule has 0 bridgehead atoms. The number of ether oxygens (including phenoxy) is 1. The minimum atomic E-state index is -1.04. The molecule has 0 N–H and O–H groups in total. The molecule has 14 heavy (non-hydrogen) atoms. The van der Waals surface area contributed by atoms with Crippen molar-refractivity contribution in [1.29, 1.82) is 0 Å². The van der Waals surface area contributed by atoms with E-state index in [0.717, 1.165) is 12.1 Å². The summed E-state index contributed by atoms with van der Waals surface area (Å²) < 4.78 is 30.1. The molecule has 1 aromatic rings. The van der Waals surface area contributed by atoms with Crippen molar-refractivity contribution < 1.29 is 18.3 Å². The minimum absolute atomic E-state index is 0.0609. The molecular weight excluding hydrogens is 190 g/mol. The van der Waals surface area contributed by atoms with Crippen LogP contribution in [0, 0.1) is 18.6 Å². The Morgan fingerprint density at radius 1 is 1.36 bits per heavy atom. The Bertz CT molecular complexity index is 361. The highest BCUT2D eigenvalue weighted by molar-refractivity contribution is 5.91. The number of carbonyl (C=O) groups excluding carboxylic acids is 1. The Balaban J connectivity index is 3.09. The van der Waals surface area contributed by atoms with Gasteiger partial charge in [-0.2, -0.15) is 0 Å². The summed E-state index contributed by atoms with van der Waals surface area (Å²) in [6.45, 7) is 3.37. The molecule has 0 aliphatic heterocycles. The second kappa shape index (κ2) is 4.17. The van der Waals surface area contributed by atoms with Gasteiger partial charge in [-0.05, 0) is 31.5 Å². The Labute approximate surface area is 80.5 Å². The first-order valence-corrected chi connectivity index (χ1v) is 4.19. The van der Waals surface area contributed by atoms with E-state index in [-0.39, 0.29) is 12.2 Å². The van der Waals surface area contributed by atoms with Crippen molar-refractivity contribution in [2.75, 3.05) is 6.61 Å². The van der Waals surface area contributed by atoms with Gasteiger partial charge in [0.05, 0.1) is 12.2 Å². The van der Waals surface area contributed by atoms with Crippen molar-refractivity contribution >= 4 is 5.97 Å². The molecule has 1 rings (SSSR count). The van der Waals surface area contributed by atoms with Gasteiger partial charge in [-0.1, -0.05) is 0 Å². The highest BCUT2D eigenvalue weighted by atomic mass is 19.2. The first-order valence-electron chi connectivity index (χ1n) is 4.19. The van der Waals surface area contributed by atoms with Crippen LogP contribution in [0.2, 0.25) is 0 Å². The van der Waals surface area contributed by atoms with E-state index in [1.807, 2.05) is 0 Å². The minimum Gasteiger partial charge on any atom is -0.462 e. The highest BCUT2D eigenvalue weighted by Crippen LogP contribution is 2.15. The molecule has 0 unspecified atom stereocenters. The van der Waals surface area contributed by atoms with Gasteiger partial charge < -0.3 is 4.74 Å². The monoisotopic (exact) mass is 200 g/mol. The van der Waals surface area contributed by atoms with Gasteiger partial charge in [0.2, 0.25) is 0 Å². The van der Waals surface area contributed by atoms with Crippen molar-refractivity contribution in [1.82, 2.24) is 0 Å². The molecule has 0 fully saturated rings. The predicted molar refractivity (Wildman–Crippen MR) is 47.1 cm³/mol. The van der Waals surface area contributed by atoms with Gasteiger partial charge in [0.25, 0.3) is 0 Å². The lowest BCUT2D eigenvalue weighted by Gasteiger charge is -2.05. The largest absolute Gasteiger partial charge is 0.462 e. The second-order valence-corrected chi connectivity index (χ2v) is 2.80. The topological polar surface area (TPSA) is 26.3 Å². The standard InChI is InChI=1S/C10H10F2O2/c1-3-14-10(13)7-5-9(12)8(11)4-6(7)2/h4-5H,3H2,1-2H3. The molecular formula is C10H10F2O2. The summed E-state index contributed by atoms with van der Waals surface area (Å²) in [4.78, 5) is 11.2. The average molecular weight is 200 g/mol. The van der Waals surface area contributed by atoms with Gasteiger partial charge in [-0.25, -0.2) is 13.6 Å². The van der Waals surface area contributed by atoms with Crippen molar-refractivity contribution in [2.24, 2.45) is 0 Å². The molecule has 4 heteroatoms. The average Bonchev–Trinajstić information content (AvgIpc) is 2.11. The Kier molecular flexibility index (Phi) is 3.17. The van der Waals surface area contributed by atoms with E-state index in [1.165, 1.54) is 6.92 Å². The Morgan fingerprint density at radius 3 is 2.50 bits per heavy atom. The molecule has 0 saturated carbocycles. The van der Waals surface area contributed by atoms with Gasteiger partial charge >= 0.3 is 5.97 Å². The Hall–Kier alpha value is -1.45. The van der Waals surface area contributed by atoms with Gasteiger partial charge in [0.15, 0.2) is 11.6 Å². The van der Waals surface area contributed by atoms with Crippen LogP contribution >= 0.6 is 0 Å². The molecule has 0 aliphatic rings. The van der Waals surface area contributed by atoms with Crippen molar-refractivity contribution in [3.63, 3.8) is 0 Å². The molecule has 1 aromatic carbocycles. The van der Waals surface area contributed by atoms with Crippen LogP contribution in [0.1, 0.15) is 22.8 Å². The number of benzene rings is 1. The number of aryl methyl sites for hydroxylation is 1. The normalized spacial score (nSPS) is 10.0. The first-order chi connectivity index (χ1) is 6.56. The highest BCUT2D eigenvalue weighted by Gasteiger charge is 2.13. The molecule has 0 radical (unpaired) electrons. The summed E-state index contributed by atoms with van der Waals surface area (Å²) in [5.74, 6) is -2.64. The van der Waals surface area contributed by atoms with E-state index in [9.17, 15) is 13.6 Å². The van der Waals surface area contributed by atoms with E-state index in [0.29, 0.717) is 5.56 Å². The molecule has 76 valence electrons. The molecule has 0 amide bonds. The van der Waals surface area contributed by atoms with Crippen LogP contribution in [0.3, 0.4) is 0 Å². The molecule has 2 nitrogen and oxygen atoms in total. The van der Waals surface area contributed by atoms with Gasteiger partial charge in [-0.15, -0.1) is 0 Å². The summed E-state index contributed by atoms with van der Waals surface area (Å²) in [6.07, 6.45) is 0. The number of esters is 1. The van der Waals surface area contributed by atoms with Crippen LogP contribution in [-0.2, 0) is 4.74 Å². The van der Waals surface area contributed by atoms with Crippen LogP contribution in [0.5, 0.6) is 0 Å². The third-order valence-corrected chi connectivity index (χ3v) is 1.76. The number of halogens is 2. The van der Waals surface area contributed by atoms with E-state index in [2.05, 4.69) is 4.74 Å². The third-order valence-electron chi connectivity index (χ3n) is 1.76. The number of hydrogen-bond acceptors (Lipinski definition) is 2. The zero-order valence-electron chi connectivity index (χ0n) is 7.93. The first kappa shape index (κ1) is 10.6. The van der Waals surface area contributed by atoms with E-state index in [4.69, 9.17) is 0 Å². The molecule has 0 heterocycles. The molecule has 0 aliphatic carbocycles. The number of carbonyl (C=O) groups is 1. The van der Waals surface area contributed by atoms with Gasteiger partial charge in [0.1, 0.15) is 0 Å². The maximum Gasteiger partial charge on any atom is 0.338 e. The van der Waals surface area contributed by atoms with Crippen LogP contribution < -0.4 is 0 Å². The lowest BCUT2D eigenvalue weighted by Crippen LogP contribution is -2.07.